The lowest BCUT2D eigenvalue weighted by atomic mass is 10.1. The first-order valence-electron chi connectivity index (χ1n) is 10.6. The van der Waals surface area contributed by atoms with Gasteiger partial charge in [-0.2, -0.15) is 0 Å². The quantitative estimate of drug-likeness (QED) is 0.466. The second-order valence-electron chi connectivity index (χ2n) is 8.56. The fraction of sp³-hybridized carbons (Fsp3) is 0.417. The van der Waals surface area contributed by atoms with Crippen LogP contribution in [0.3, 0.4) is 0 Å². The van der Waals surface area contributed by atoms with Gasteiger partial charge in [-0.15, -0.1) is 0 Å². The third-order valence-electron chi connectivity index (χ3n) is 5.69. The number of aromatic nitrogens is 2. The summed E-state index contributed by atoms with van der Waals surface area (Å²) < 4.78 is 16.0. The van der Waals surface area contributed by atoms with Crippen LogP contribution in [-0.4, -0.2) is 26.9 Å². The van der Waals surface area contributed by atoms with E-state index in [4.69, 9.17) is 16.6 Å². The molecule has 2 aromatic carbocycles. The predicted molar refractivity (Wildman–Crippen MR) is 118 cm³/mol. The molecule has 158 valence electrons. The largest absolute Gasteiger partial charge is 0.331 e. The molecule has 30 heavy (non-hydrogen) atoms. The fourth-order valence-electron chi connectivity index (χ4n) is 4.43. The average molecular weight is 428 g/mol. The molecule has 0 radical (unpaired) electrons. The molecule has 6 heteroatoms. The van der Waals surface area contributed by atoms with Crippen LogP contribution in [0.25, 0.3) is 11.0 Å². The number of rotatable bonds is 6. The Morgan fingerprint density at radius 1 is 1.23 bits per heavy atom. The second kappa shape index (κ2) is 8.76. The summed E-state index contributed by atoms with van der Waals surface area (Å²) in [7, 11) is 0. The molecule has 0 spiro atoms. The summed E-state index contributed by atoms with van der Waals surface area (Å²) in [4.78, 5) is 19.9. The van der Waals surface area contributed by atoms with Gasteiger partial charge in [0.2, 0.25) is 0 Å². The van der Waals surface area contributed by atoms with Crippen molar-refractivity contribution in [3.8, 4) is 0 Å². The van der Waals surface area contributed by atoms with Crippen molar-refractivity contribution in [3.05, 3.63) is 64.7 Å². The maximum atomic E-state index is 13.7. The number of hydrogen-bond donors (Lipinski definition) is 0. The Morgan fingerprint density at radius 2 is 2.00 bits per heavy atom. The van der Waals surface area contributed by atoms with Gasteiger partial charge in [-0.05, 0) is 55.2 Å². The number of nitrogens with zero attached hydrogens (tertiary/aromatic N) is 3. The van der Waals surface area contributed by atoms with E-state index >= 15 is 0 Å². The van der Waals surface area contributed by atoms with Crippen molar-refractivity contribution >= 4 is 28.5 Å². The van der Waals surface area contributed by atoms with Crippen LogP contribution in [0.4, 0.5) is 4.39 Å². The van der Waals surface area contributed by atoms with Crippen LogP contribution in [0.5, 0.6) is 0 Å². The smallest absolute Gasteiger partial charge is 0.254 e. The Hall–Kier alpha value is -2.40. The van der Waals surface area contributed by atoms with Crippen molar-refractivity contribution in [2.45, 2.75) is 52.1 Å². The van der Waals surface area contributed by atoms with Crippen LogP contribution in [0.1, 0.15) is 61.8 Å². The topological polar surface area (TPSA) is 38.1 Å². The lowest BCUT2D eigenvalue weighted by molar-refractivity contribution is 0.0715. The third-order valence-corrected chi connectivity index (χ3v) is 5.93. The number of carbonyl (C=O) groups excluding carboxylic acids is 1. The predicted octanol–water partition coefficient (Wildman–Crippen LogP) is 6.24. The minimum Gasteiger partial charge on any atom is -0.331 e. The SMILES string of the molecule is CC(C)CN(Cc1nc2ccc(Cl)cc2n1C1CCCC1)C(=O)c1cccc(F)c1. The average Bonchev–Trinajstić information content (AvgIpc) is 3.33. The normalized spacial score (nSPS) is 14.7. The minimum absolute atomic E-state index is 0.175. The minimum atomic E-state index is -0.404. The van der Waals surface area contributed by atoms with Crippen molar-refractivity contribution in [3.63, 3.8) is 0 Å². The molecule has 0 N–H and O–H groups in total. The molecule has 0 unspecified atom stereocenters. The van der Waals surface area contributed by atoms with Crippen molar-refractivity contribution < 1.29 is 9.18 Å². The summed E-state index contributed by atoms with van der Waals surface area (Å²) in [6.45, 7) is 5.11. The first kappa shape index (κ1) is 20.9. The van der Waals surface area contributed by atoms with E-state index in [1.165, 1.54) is 25.0 Å². The Bertz CT molecular complexity index is 1060. The van der Waals surface area contributed by atoms with Gasteiger partial charge in [0.15, 0.2) is 0 Å². The van der Waals surface area contributed by atoms with Crippen LogP contribution in [0.15, 0.2) is 42.5 Å². The molecular formula is C24H27ClFN3O. The second-order valence-corrected chi connectivity index (χ2v) is 9.00. The third kappa shape index (κ3) is 4.36. The Morgan fingerprint density at radius 3 is 2.70 bits per heavy atom. The summed E-state index contributed by atoms with van der Waals surface area (Å²) in [5.41, 5.74) is 2.28. The number of hydrogen-bond acceptors (Lipinski definition) is 2. The van der Waals surface area contributed by atoms with Gasteiger partial charge in [0.1, 0.15) is 11.6 Å². The summed E-state index contributed by atoms with van der Waals surface area (Å²) in [5.74, 6) is 0.565. The molecule has 4 nitrogen and oxygen atoms in total. The zero-order valence-electron chi connectivity index (χ0n) is 17.4. The Labute approximate surface area is 181 Å². The zero-order valence-corrected chi connectivity index (χ0v) is 18.2. The highest BCUT2D eigenvalue weighted by Crippen LogP contribution is 2.35. The lowest BCUT2D eigenvalue weighted by Crippen LogP contribution is -2.35. The summed E-state index contributed by atoms with van der Waals surface area (Å²) in [6.07, 6.45) is 4.60. The van der Waals surface area contributed by atoms with Gasteiger partial charge in [0, 0.05) is 23.2 Å². The molecule has 1 saturated carbocycles. The molecule has 4 rings (SSSR count). The molecule has 1 amide bonds. The van der Waals surface area contributed by atoms with Gasteiger partial charge >= 0.3 is 0 Å². The van der Waals surface area contributed by atoms with Gasteiger partial charge in [-0.25, -0.2) is 9.37 Å². The molecular weight excluding hydrogens is 401 g/mol. The first-order chi connectivity index (χ1) is 14.4. The van der Waals surface area contributed by atoms with Crippen LogP contribution in [-0.2, 0) is 6.54 Å². The van der Waals surface area contributed by atoms with Crippen LogP contribution >= 0.6 is 11.6 Å². The van der Waals surface area contributed by atoms with Crippen molar-refractivity contribution in [1.82, 2.24) is 14.5 Å². The van der Waals surface area contributed by atoms with E-state index < -0.39 is 5.82 Å². The van der Waals surface area contributed by atoms with Gasteiger partial charge < -0.3 is 9.47 Å². The monoisotopic (exact) mass is 427 g/mol. The fourth-order valence-corrected chi connectivity index (χ4v) is 4.60. The van der Waals surface area contributed by atoms with Gasteiger partial charge in [0.25, 0.3) is 5.91 Å². The van der Waals surface area contributed by atoms with E-state index in [-0.39, 0.29) is 11.8 Å². The van der Waals surface area contributed by atoms with Crippen LogP contribution < -0.4 is 0 Å². The standard InChI is InChI=1S/C24H27ClFN3O/c1-16(2)14-28(24(30)17-6-5-7-19(26)12-17)15-23-27-21-11-10-18(25)13-22(21)29(23)20-8-3-4-9-20/h5-7,10-13,16,20H,3-4,8-9,14-15H2,1-2H3. The first-order valence-corrected chi connectivity index (χ1v) is 11.0. The Balaban J connectivity index is 1.73. The summed E-state index contributed by atoms with van der Waals surface area (Å²) in [6, 6.07) is 12.0. The van der Waals surface area contributed by atoms with Crippen LogP contribution in [0.2, 0.25) is 5.02 Å². The van der Waals surface area contributed by atoms with Gasteiger partial charge in [-0.1, -0.05) is 44.4 Å². The number of fused-ring (bicyclic) bond motifs is 1. The Kier molecular flexibility index (Phi) is 6.09. The molecule has 0 saturated heterocycles. The molecule has 1 fully saturated rings. The zero-order chi connectivity index (χ0) is 21.3. The maximum absolute atomic E-state index is 13.7. The molecule has 1 aliphatic rings. The maximum Gasteiger partial charge on any atom is 0.254 e. The number of halogens is 2. The van der Waals surface area contributed by atoms with E-state index in [1.54, 1.807) is 17.0 Å². The molecule has 1 aliphatic carbocycles. The van der Waals surface area contributed by atoms with Crippen LogP contribution in [0, 0.1) is 11.7 Å². The van der Waals surface area contributed by atoms with E-state index in [1.807, 2.05) is 18.2 Å². The highest BCUT2D eigenvalue weighted by atomic mass is 35.5. The number of carbonyl (C=O) groups is 1. The highest BCUT2D eigenvalue weighted by molar-refractivity contribution is 6.31. The summed E-state index contributed by atoms with van der Waals surface area (Å²) in [5, 5.41) is 0.683. The summed E-state index contributed by atoms with van der Waals surface area (Å²) >= 11 is 6.29. The van der Waals surface area contributed by atoms with E-state index in [0.717, 1.165) is 29.7 Å². The molecule has 3 aromatic rings. The lowest BCUT2D eigenvalue weighted by Gasteiger charge is -2.26. The highest BCUT2D eigenvalue weighted by Gasteiger charge is 2.26. The van der Waals surface area contributed by atoms with Crippen molar-refractivity contribution in [1.29, 1.82) is 0 Å². The molecule has 0 bridgehead atoms. The van der Waals surface area contributed by atoms with Gasteiger partial charge in [-0.3, -0.25) is 4.79 Å². The van der Waals surface area contributed by atoms with Crippen molar-refractivity contribution in [2.24, 2.45) is 5.92 Å². The van der Waals surface area contributed by atoms with Crippen molar-refractivity contribution in [2.75, 3.05) is 6.54 Å². The number of imidazole rings is 1. The number of amides is 1. The van der Waals surface area contributed by atoms with Gasteiger partial charge in [0.05, 0.1) is 17.6 Å². The molecule has 0 aliphatic heterocycles. The number of benzene rings is 2. The van der Waals surface area contributed by atoms with E-state index in [9.17, 15) is 9.18 Å². The van der Waals surface area contributed by atoms with E-state index in [2.05, 4.69) is 18.4 Å². The molecule has 1 aromatic heterocycles. The molecule has 0 atom stereocenters. The molecule has 1 heterocycles. The van der Waals surface area contributed by atoms with E-state index in [0.29, 0.717) is 29.7 Å².